The highest BCUT2D eigenvalue weighted by atomic mass is 16.4. The Morgan fingerprint density at radius 2 is 2.18 bits per heavy atom. The van der Waals surface area contributed by atoms with Crippen molar-refractivity contribution in [2.75, 3.05) is 20.1 Å². The molecule has 0 aliphatic heterocycles. The maximum Gasteiger partial charge on any atom is 0.404 e. The smallest absolute Gasteiger partial charge is 0.404 e. The first kappa shape index (κ1) is 15.5. The predicted molar refractivity (Wildman–Crippen MR) is 80.6 cm³/mol. The van der Waals surface area contributed by atoms with Gasteiger partial charge in [0, 0.05) is 31.5 Å². The van der Waals surface area contributed by atoms with Gasteiger partial charge in [-0.05, 0) is 31.3 Å². The van der Waals surface area contributed by atoms with E-state index in [2.05, 4.69) is 16.4 Å². The molecule has 1 aromatic heterocycles. The summed E-state index contributed by atoms with van der Waals surface area (Å²) in [6.45, 7) is 1.61. The molecule has 0 aliphatic rings. The van der Waals surface area contributed by atoms with Gasteiger partial charge in [-0.25, -0.2) is 9.78 Å². The zero-order chi connectivity index (χ0) is 15.9. The lowest BCUT2D eigenvalue weighted by Crippen LogP contribution is -2.32. The highest BCUT2D eigenvalue weighted by Gasteiger charge is 2.08. The van der Waals surface area contributed by atoms with E-state index in [4.69, 9.17) is 10.4 Å². The Bertz CT molecular complexity index is 672. The summed E-state index contributed by atoms with van der Waals surface area (Å²) in [6, 6.07) is 9.36. The highest BCUT2D eigenvalue weighted by Crippen LogP contribution is 2.13. The number of carboxylic acid groups (broad SMARTS) is 1. The van der Waals surface area contributed by atoms with Crippen LogP contribution in [0.25, 0.3) is 5.69 Å². The lowest BCUT2D eigenvalue weighted by molar-refractivity contribution is 0.192. The van der Waals surface area contributed by atoms with Crippen LogP contribution in [-0.2, 0) is 6.54 Å². The van der Waals surface area contributed by atoms with E-state index in [1.165, 1.54) is 0 Å². The molecular weight excluding hydrogens is 282 g/mol. The van der Waals surface area contributed by atoms with Gasteiger partial charge < -0.3 is 15.0 Å². The number of imidazole rings is 1. The van der Waals surface area contributed by atoms with Gasteiger partial charge >= 0.3 is 6.09 Å². The number of benzene rings is 1. The topological polar surface area (TPSA) is 94.2 Å². The standard InChI is InChI=1S/C15H17N5O2/c1-19(7-6-18-15(21)22)10-14-9-17-11-20(14)13-4-2-12(8-16)3-5-13/h2-5,9,11,18H,6-7,10H2,1H3,(H,21,22). The number of nitrogens with one attached hydrogen (secondary N) is 1. The summed E-state index contributed by atoms with van der Waals surface area (Å²) in [6.07, 6.45) is 2.48. The Morgan fingerprint density at radius 3 is 2.82 bits per heavy atom. The van der Waals surface area contributed by atoms with Crippen molar-refractivity contribution >= 4 is 6.09 Å². The molecule has 0 unspecified atom stereocenters. The monoisotopic (exact) mass is 299 g/mol. The van der Waals surface area contributed by atoms with Gasteiger partial charge in [0.1, 0.15) is 0 Å². The third kappa shape index (κ3) is 4.07. The number of rotatable bonds is 6. The fourth-order valence-corrected chi connectivity index (χ4v) is 2.08. The Morgan fingerprint density at radius 1 is 1.45 bits per heavy atom. The quantitative estimate of drug-likeness (QED) is 0.841. The number of amides is 1. The highest BCUT2D eigenvalue weighted by molar-refractivity contribution is 5.64. The molecule has 2 rings (SSSR count). The molecule has 22 heavy (non-hydrogen) atoms. The molecular formula is C15H17N5O2. The molecule has 0 atom stereocenters. The van der Waals surface area contributed by atoms with E-state index >= 15 is 0 Å². The van der Waals surface area contributed by atoms with Crippen molar-refractivity contribution in [1.82, 2.24) is 19.8 Å². The molecule has 0 aliphatic carbocycles. The summed E-state index contributed by atoms with van der Waals surface area (Å²) in [5.74, 6) is 0. The van der Waals surface area contributed by atoms with Crippen LogP contribution in [0.1, 0.15) is 11.3 Å². The Kier molecular flexibility index (Phi) is 5.11. The van der Waals surface area contributed by atoms with Crippen LogP contribution in [0, 0.1) is 11.3 Å². The molecule has 114 valence electrons. The molecule has 0 saturated carbocycles. The number of hydrogen-bond donors (Lipinski definition) is 2. The average molecular weight is 299 g/mol. The SMILES string of the molecule is CN(CCNC(=O)O)Cc1cncn1-c1ccc(C#N)cc1. The summed E-state index contributed by atoms with van der Waals surface area (Å²) in [5, 5.41) is 19.7. The Balaban J connectivity index is 2.02. The van der Waals surface area contributed by atoms with Gasteiger partial charge in [-0.2, -0.15) is 5.26 Å². The Labute approximate surface area is 128 Å². The van der Waals surface area contributed by atoms with Crippen LogP contribution in [0.2, 0.25) is 0 Å². The number of likely N-dealkylation sites (N-methyl/N-ethyl adjacent to an activating group) is 1. The third-order valence-corrected chi connectivity index (χ3v) is 3.19. The van der Waals surface area contributed by atoms with Crippen LogP contribution in [-0.4, -0.2) is 45.8 Å². The minimum Gasteiger partial charge on any atom is -0.465 e. The minimum absolute atomic E-state index is 0.372. The van der Waals surface area contributed by atoms with Gasteiger partial charge in [-0.15, -0.1) is 0 Å². The van der Waals surface area contributed by atoms with Gasteiger partial charge in [-0.3, -0.25) is 4.90 Å². The molecule has 7 heteroatoms. The van der Waals surface area contributed by atoms with Crippen molar-refractivity contribution in [3.63, 3.8) is 0 Å². The van der Waals surface area contributed by atoms with Crippen LogP contribution >= 0.6 is 0 Å². The zero-order valence-corrected chi connectivity index (χ0v) is 12.2. The van der Waals surface area contributed by atoms with Crippen molar-refractivity contribution in [1.29, 1.82) is 5.26 Å². The molecule has 1 amide bonds. The lowest BCUT2D eigenvalue weighted by Gasteiger charge is -2.17. The molecule has 0 saturated heterocycles. The van der Waals surface area contributed by atoms with E-state index < -0.39 is 6.09 Å². The first-order chi connectivity index (χ1) is 10.6. The number of nitriles is 1. The third-order valence-electron chi connectivity index (χ3n) is 3.19. The molecule has 2 aromatic rings. The average Bonchev–Trinajstić information content (AvgIpc) is 2.95. The van der Waals surface area contributed by atoms with Crippen LogP contribution in [0.3, 0.4) is 0 Å². The molecule has 1 heterocycles. The first-order valence-electron chi connectivity index (χ1n) is 6.77. The van der Waals surface area contributed by atoms with Gasteiger partial charge in [0.2, 0.25) is 0 Å². The van der Waals surface area contributed by atoms with Gasteiger partial charge in [-0.1, -0.05) is 0 Å². The predicted octanol–water partition coefficient (Wildman–Crippen LogP) is 1.44. The number of nitrogens with zero attached hydrogens (tertiary/aromatic N) is 4. The van der Waals surface area contributed by atoms with Gasteiger partial charge in [0.25, 0.3) is 0 Å². The van der Waals surface area contributed by atoms with E-state index in [0.29, 0.717) is 25.2 Å². The normalized spacial score (nSPS) is 10.4. The fourth-order valence-electron chi connectivity index (χ4n) is 2.08. The number of aromatic nitrogens is 2. The largest absolute Gasteiger partial charge is 0.465 e. The summed E-state index contributed by atoms with van der Waals surface area (Å²) >= 11 is 0. The molecule has 2 N–H and O–H groups in total. The second-order valence-electron chi connectivity index (χ2n) is 4.88. The van der Waals surface area contributed by atoms with Crippen LogP contribution in [0.5, 0.6) is 0 Å². The summed E-state index contributed by atoms with van der Waals surface area (Å²) in [5.41, 5.74) is 2.54. The second-order valence-corrected chi connectivity index (χ2v) is 4.88. The van der Waals surface area contributed by atoms with Gasteiger partial charge in [0.15, 0.2) is 0 Å². The summed E-state index contributed by atoms with van der Waals surface area (Å²) < 4.78 is 1.95. The van der Waals surface area contributed by atoms with Crippen molar-refractivity contribution in [2.45, 2.75) is 6.54 Å². The molecule has 0 fully saturated rings. The maximum absolute atomic E-state index is 10.4. The minimum atomic E-state index is -1.02. The fraction of sp³-hybridized carbons (Fsp3) is 0.267. The van der Waals surface area contributed by atoms with Crippen molar-refractivity contribution in [3.8, 4) is 11.8 Å². The van der Waals surface area contributed by atoms with Crippen LogP contribution in [0.4, 0.5) is 4.79 Å². The molecule has 0 spiro atoms. The lowest BCUT2D eigenvalue weighted by atomic mass is 10.2. The van der Waals surface area contributed by atoms with E-state index in [1.807, 2.05) is 28.6 Å². The van der Waals surface area contributed by atoms with Crippen LogP contribution in [0.15, 0.2) is 36.8 Å². The maximum atomic E-state index is 10.4. The van der Waals surface area contributed by atoms with Gasteiger partial charge in [0.05, 0.1) is 23.7 Å². The van der Waals surface area contributed by atoms with Crippen molar-refractivity contribution in [2.24, 2.45) is 0 Å². The summed E-state index contributed by atoms with van der Waals surface area (Å²) in [7, 11) is 1.92. The van der Waals surface area contributed by atoms with Crippen molar-refractivity contribution < 1.29 is 9.90 Å². The molecule has 0 bridgehead atoms. The number of carbonyl (C=O) groups is 1. The first-order valence-corrected chi connectivity index (χ1v) is 6.77. The zero-order valence-electron chi connectivity index (χ0n) is 12.2. The molecule has 7 nitrogen and oxygen atoms in total. The molecule has 0 radical (unpaired) electrons. The van der Waals surface area contributed by atoms with Crippen molar-refractivity contribution in [3.05, 3.63) is 48.0 Å². The van der Waals surface area contributed by atoms with E-state index in [1.54, 1.807) is 24.7 Å². The van der Waals surface area contributed by atoms with E-state index in [0.717, 1.165) is 11.4 Å². The Hall–Kier alpha value is -2.85. The number of hydrogen-bond acceptors (Lipinski definition) is 4. The van der Waals surface area contributed by atoms with E-state index in [-0.39, 0.29) is 0 Å². The second kappa shape index (κ2) is 7.24. The van der Waals surface area contributed by atoms with E-state index in [9.17, 15) is 4.79 Å². The molecule has 1 aromatic carbocycles. The summed E-state index contributed by atoms with van der Waals surface area (Å²) in [4.78, 5) is 16.6. The van der Waals surface area contributed by atoms with Crippen LogP contribution < -0.4 is 5.32 Å².